The molecule has 1 aromatic heterocycles. The summed E-state index contributed by atoms with van der Waals surface area (Å²) in [5.74, 6) is -1.05. The van der Waals surface area contributed by atoms with Crippen molar-refractivity contribution in [3.63, 3.8) is 0 Å². The van der Waals surface area contributed by atoms with E-state index in [1.165, 1.54) is 32.2 Å². The predicted molar refractivity (Wildman–Crippen MR) is 100 cm³/mol. The molecule has 7 heteroatoms. The summed E-state index contributed by atoms with van der Waals surface area (Å²) in [5, 5.41) is 12.6. The summed E-state index contributed by atoms with van der Waals surface area (Å²) in [5.41, 5.74) is 1.14. The fraction of sp³-hybridized carbons (Fsp3) is 0.150. The lowest BCUT2D eigenvalue weighted by Crippen LogP contribution is -2.32. The van der Waals surface area contributed by atoms with E-state index in [1.807, 2.05) is 0 Å². The maximum Gasteiger partial charge on any atom is 0.335 e. The molecule has 7 nitrogen and oxygen atoms in total. The van der Waals surface area contributed by atoms with E-state index in [4.69, 9.17) is 4.74 Å². The van der Waals surface area contributed by atoms with Crippen LogP contribution in [0.15, 0.2) is 59.5 Å². The number of carboxylic acids is 1. The average molecular weight is 366 g/mol. The molecule has 0 fully saturated rings. The molecule has 3 rings (SSSR count). The zero-order valence-corrected chi connectivity index (χ0v) is 14.8. The number of nitrogens with zero attached hydrogens (tertiary/aromatic N) is 1. The van der Waals surface area contributed by atoms with Crippen molar-refractivity contribution in [1.82, 2.24) is 9.88 Å². The first kappa shape index (κ1) is 18.2. The van der Waals surface area contributed by atoms with Crippen molar-refractivity contribution in [2.24, 2.45) is 0 Å². The van der Waals surface area contributed by atoms with Gasteiger partial charge >= 0.3 is 5.97 Å². The van der Waals surface area contributed by atoms with E-state index in [0.717, 1.165) is 0 Å². The molecule has 0 bridgehead atoms. The Hall–Kier alpha value is -3.61. The predicted octanol–water partition coefficient (Wildman–Crippen LogP) is 2.39. The normalized spacial score (nSPS) is 11.8. The van der Waals surface area contributed by atoms with Gasteiger partial charge in [0.25, 0.3) is 0 Å². The molecule has 0 saturated carbocycles. The van der Waals surface area contributed by atoms with E-state index < -0.39 is 12.1 Å². The van der Waals surface area contributed by atoms with E-state index in [-0.39, 0.29) is 16.9 Å². The fourth-order valence-corrected chi connectivity index (χ4v) is 3.01. The number of hydrogen-bond acceptors (Lipinski definition) is 4. The SMILES string of the molecule is COc1cc(C(=O)O)ccc1C(NC(C)=O)n1ccc(=O)c2ccccc21. The molecule has 1 amide bonds. The van der Waals surface area contributed by atoms with Crippen molar-refractivity contribution >= 4 is 22.8 Å². The number of pyridine rings is 1. The van der Waals surface area contributed by atoms with Crippen LogP contribution in [-0.4, -0.2) is 28.7 Å². The Morgan fingerprint density at radius 3 is 2.56 bits per heavy atom. The van der Waals surface area contributed by atoms with Crippen LogP contribution in [0.1, 0.15) is 29.0 Å². The number of aromatic nitrogens is 1. The van der Waals surface area contributed by atoms with Crippen LogP contribution in [0.4, 0.5) is 0 Å². The van der Waals surface area contributed by atoms with E-state index >= 15 is 0 Å². The number of amides is 1. The van der Waals surface area contributed by atoms with Crippen LogP contribution in [0, 0.1) is 0 Å². The average Bonchev–Trinajstić information content (AvgIpc) is 2.66. The zero-order valence-electron chi connectivity index (χ0n) is 14.8. The molecule has 0 aliphatic rings. The van der Waals surface area contributed by atoms with Gasteiger partial charge in [-0.2, -0.15) is 0 Å². The summed E-state index contributed by atoms with van der Waals surface area (Å²) in [6, 6.07) is 12.9. The van der Waals surface area contributed by atoms with Crippen LogP contribution in [-0.2, 0) is 4.79 Å². The van der Waals surface area contributed by atoms with Crippen LogP contribution in [0.3, 0.4) is 0 Å². The van der Waals surface area contributed by atoms with Gasteiger partial charge in [-0.3, -0.25) is 9.59 Å². The van der Waals surface area contributed by atoms with E-state index in [9.17, 15) is 19.5 Å². The van der Waals surface area contributed by atoms with Crippen LogP contribution >= 0.6 is 0 Å². The second kappa shape index (κ2) is 7.33. The first-order valence-corrected chi connectivity index (χ1v) is 8.20. The third-order valence-corrected chi connectivity index (χ3v) is 4.23. The maximum absolute atomic E-state index is 12.2. The van der Waals surface area contributed by atoms with Gasteiger partial charge in [-0.05, 0) is 24.3 Å². The Morgan fingerprint density at radius 2 is 1.89 bits per heavy atom. The monoisotopic (exact) mass is 366 g/mol. The molecule has 0 radical (unpaired) electrons. The van der Waals surface area contributed by atoms with Crippen LogP contribution in [0.5, 0.6) is 5.75 Å². The second-order valence-corrected chi connectivity index (χ2v) is 5.97. The summed E-state index contributed by atoms with van der Waals surface area (Å²) in [7, 11) is 1.43. The summed E-state index contributed by atoms with van der Waals surface area (Å²) in [6.07, 6.45) is 0.904. The molecule has 0 saturated heterocycles. The number of aromatic carboxylic acids is 1. The van der Waals surface area contributed by atoms with Crippen molar-refractivity contribution in [3.8, 4) is 5.75 Å². The molecule has 0 aliphatic carbocycles. The highest BCUT2D eigenvalue weighted by Gasteiger charge is 2.21. The van der Waals surface area contributed by atoms with Gasteiger partial charge in [-0.1, -0.05) is 18.2 Å². The molecule has 27 heavy (non-hydrogen) atoms. The minimum atomic E-state index is -1.08. The molecular weight excluding hydrogens is 348 g/mol. The van der Waals surface area contributed by atoms with Gasteiger partial charge in [0.05, 0.1) is 18.2 Å². The van der Waals surface area contributed by atoms with Gasteiger partial charge in [0.2, 0.25) is 5.91 Å². The summed E-state index contributed by atoms with van der Waals surface area (Å²) >= 11 is 0. The number of ether oxygens (including phenoxy) is 1. The molecule has 3 aromatic rings. The lowest BCUT2D eigenvalue weighted by Gasteiger charge is -2.25. The summed E-state index contributed by atoms with van der Waals surface area (Å²) < 4.78 is 7.11. The number of carbonyl (C=O) groups is 2. The lowest BCUT2D eigenvalue weighted by molar-refractivity contribution is -0.119. The number of fused-ring (bicyclic) bond motifs is 1. The van der Waals surface area contributed by atoms with Crippen molar-refractivity contribution in [2.75, 3.05) is 7.11 Å². The molecule has 2 aromatic carbocycles. The number of rotatable bonds is 5. The molecule has 0 spiro atoms. The van der Waals surface area contributed by atoms with Gasteiger partial charge in [-0.25, -0.2) is 4.79 Å². The number of carbonyl (C=O) groups excluding carboxylic acids is 1. The number of methoxy groups -OCH3 is 1. The molecule has 138 valence electrons. The standard InChI is InChI=1S/C20H18N2O5/c1-12(23)21-19(15-8-7-13(20(25)26)11-18(15)27-2)22-10-9-17(24)14-5-3-4-6-16(14)22/h3-11,19H,1-2H3,(H,21,23)(H,25,26). The summed E-state index contributed by atoms with van der Waals surface area (Å²) in [6.45, 7) is 1.38. The van der Waals surface area contributed by atoms with Crippen molar-refractivity contribution in [2.45, 2.75) is 13.1 Å². The smallest absolute Gasteiger partial charge is 0.335 e. The highest BCUT2D eigenvalue weighted by Crippen LogP contribution is 2.29. The van der Waals surface area contributed by atoms with Gasteiger partial charge in [0.1, 0.15) is 11.9 Å². The Kier molecular flexibility index (Phi) is 4.94. The molecule has 1 unspecified atom stereocenters. The molecular formula is C20H18N2O5. The zero-order chi connectivity index (χ0) is 19.6. The molecule has 2 N–H and O–H groups in total. The fourth-order valence-electron chi connectivity index (χ4n) is 3.01. The highest BCUT2D eigenvalue weighted by molar-refractivity contribution is 5.88. The number of nitrogens with one attached hydrogen (secondary N) is 1. The first-order chi connectivity index (χ1) is 12.9. The Labute approximate surface area is 154 Å². The highest BCUT2D eigenvalue weighted by atomic mass is 16.5. The Bertz CT molecular complexity index is 1090. The third kappa shape index (κ3) is 3.52. The van der Waals surface area contributed by atoms with Gasteiger partial charge in [0.15, 0.2) is 5.43 Å². The van der Waals surface area contributed by atoms with Gasteiger partial charge in [-0.15, -0.1) is 0 Å². The second-order valence-electron chi connectivity index (χ2n) is 5.97. The van der Waals surface area contributed by atoms with Crippen molar-refractivity contribution in [3.05, 3.63) is 76.1 Å². The van der Waals surface area contributed by atoms with E-state index in [0.29, 0.717) is 22.2 Å². The summed E-state index contributed by atoms with van der Waals surface area (Å²) in [4.78, 5) is 35.3. The minimum Gasteiger partial charge on any atom is -0.496 e. The quantitative estimate of drug-likeness (QED) is 0.723. The molecule has 0 aliphatic heterocycles. The maximum atomic E-state index is 12.2. The van der Waals surface area contributed by atoms with E-state index in [1.54, 1.807) is 41.1 Å². The first-order valence-electron chi connectivity index (χ1n) is 8.20. The van der Waals surface area contributed by atoms with Crippen molar-refractivity contribution < 1.29 is 19.4 Å². The van der Waals surface area contributed by atoms with E-state index in [2.05, 4.69) is 5.32 Å². The van der Waals surface area contributed by atoms with Crippen LogP contribution in [0.25, 0.3) is 10.9 Å². The lowest BCUT2D eigenvalue weighted by atomic mass is 10.1. The number of benzene rings is 2. The largest absolute Gasteiger partial charge is 0.496 e. The number of para-hydroxylation sites is 1. The topological polar surface area (TPSA) is 97.6 Å². The number of hydrogen-bond donors (Lipinski definition) is 2. The Morgan fingerprint density at radius 1 is 1.15 bits per heavy atom. The van der Waals surface area contributed by atoms with Gasteiger partial charge in [0, 0.05) is 30.1 Å². The third-order valence-electron chi connectivity index (χ3n) is 4.23. The molecule has 1 heterocycles. The van der Waals surface area contributed by atoms with Gasteiger partial charge < -0.3 is 19.7 Å². The van der Waals surface area contributed by atoms with Crippen LogP contribution < -0.4 is 15.5 Å². The minimum absolute atomic E-state index is 0.0712. The Balaban J connectivity index is 2.25. The van der Waals surface area contributed by atoms with Crippen LogP contribution in [0.2, 0.25) is 0 Å². The molecule has 1 atom stereocenters. The number of carboxylic acid groups (broad SMARTS) is 1. The van der Waals surface area contributed by atoms with Crippen molar-refractivity contribution in [1.29, 1.82) is 0 Å².